The van der Waals surface area contributed by atoms with Crippen molar-refractivity contribution in [3.63, 3.8) is 0 Å². The molecular formula is C8H16O7. The van der Waals surface area contributed by atoms with Crippen molar-refractivity contribution < 1.29 is 35.1 Å². The molecule has 0 bridgehead atoms. The molecule has 90 valence electrons. The van der Waals surface area contributed by atoms with Gasteiger partial charge in [-0.2, -0.15) is 0 Å². The first-order valence-electron chi connectivity index (χ1n) is 4.45. The minimum absolute atomic E-state index is 0.0151. The van der Waals surface area contributed by atoms with Gasteiger partial charge in [-0.05, 0) is 6.92 Å². The van der Waals surface area contributed by atoms with Gasteiger partial charge in [0.05, 0.1) is 13.2 Å². The van der Waals surface area contributed by atoms with Crippen molar-refractivity contribution >= 4 is 5.97 Å². The van der Waals surface area contributed by atoms with Gasteiger partial charge in [0.25, 0.3) is 0 Å². The van der Waals surface area contributed by atoms with Gasteiger partial charge in [0.1, 0.15) is 18.3 Å². The summed E-state index contributed by atoms with van der Waals surface area (Å²) in [5.74, 6) is -1.10. The standard InChI is InChI=1S/C8H16O7/c1-2-15-8(14)7(13)6(12)5(11)4(10)3-9/h4-7,9-13H,2-3H2,1H3/t4-,5+,6+,7-/m1/s1. The summed E-state index contributed by atoms with van der Waals surface area (Å²) in [6.07, 6.45) is -7.33. The Kier molecular flexibility index (Phi) is 6.37. The molecule has 0 saturated heterocycles. The van der Waals surface area contributed by atoms with Gasteiger partial charge in [-0.3, -0.25) is 0 Å². The summed E-state index contributed by atoms with van der Waals surface area (Å²) in [4.78, 5) is 10.9. The van der Waals surface area contributed by atoms with Crippen LogP contribution in [0.25, 0.3) is 0 Å². The van der Waals surface area contributed by atoms with Crippen LogP contribution in [0, 0.1) is 0 Å². The molecule has 0 radical (unpaired) electrons. The fourth-order valence-corrected chi connectivity index (χ4v) is 0.889. The van der Waals surface area contributed by atoms with E-state index in [2.05, 4.69) is 4.74 Å². The number of hydrogen-bond acceptors (Lipinski definition) is 7. The van der Waals surface area contributed by atoms with Crippen LogP contribution in [0.4, 0.5) is 0 Å². The van der Waals surface area contributed by atoms with Crippen LogP contribution in [0.15, 0.2) is 0 Å². The molecule has 0 aliphatic carbocycles. The minimum atomic E-state index is -1.96. The summed E-state index contributed by atoms with van der Waals surface area (Å²) in [5, 5.41) is 44.9. The van der Waals surface area contributed by atoms with Gasteiger partial charge >= 0.3 is 5.97 Å². The highest BCUT2D eigenvalue weighted by Gasteiger charge is 2.34. The number of ether oxygens (including phenoxy) is 1. The van der Waals surface area contributed by atoms with E-state index in [0.717, 1.165) is 0 Å². The van der Waals surface area contributed by atoms with Crippen LogP contribution in [-0.4, -0.2) is 69.1 Å². The maximum atomic E-state index is 10.9. The van der Waals surface area contributed by atoms with Crippen LogP contribution in [0.3, 0.4) is 0 Å². The number of carbonyl (C=O) groups excluding carboxylic acids is 1. The highest BCUT2D eigenvalue weighted by molar-refractivity contribution is 5.75. The number of carbonyl (C=O) groups is 1. The Morgan fingerprint density at radius 1 is 1.20 bits per heavy atom. The molecule has 0 saturated carbocycles. The number of rotatable bonds is 6. The van der Waals surface area contributed by atoms with Gasteiger partial charge < -0.3 is 30.3 Å². The first kappa shape index (κ1) is 14.3. The van der Waals surface area contributed by atoms with E-state index in [1.165, 1.54) is 6.92 Å². The van der Waals surface area contributed by atoms with Crippen LogP contribution >= 0.6 is 0 Å². The van der Waals surface area contributed by atoms with E-state index >= 15 is 0 Å². The fraction of sp³-hybridized carbons (Fsp3) is 0.875. The molecule has 0 aliphatic heterocycles. The number of aliphatic hydroxyl groups excluding tert-OH is 5. The molecule has 0 aromatic carbocycles. The molecule has 0 rings (SSSR count). The van der Waals surface area contributed by atoms with Crippen molar-refractivity contribution in [3.05, 3.63) is 0 Å². The van der Waals surface area contributed by atoms with E-state index < -0.39 is 37.0 Å². The van der Waals surface area contributed by atoms with Crippen molar-refractivity contribution in [1.29, 1.82) is 0 Å². The third-order valence-corrected chi connectivity index (χ3v) is 1.78. The number of aliphatic hydroxyl groups is 5. The van der Waals surface area contributed by atoms with Gasteiger partial charge in [-0.25, -0.2) is 4.79 Å². The highest BCUT2D eigenvalue weighted by Crippen LogP contribution is 2.06. The molecule has 0 spiro atoms. The smallest absolute Gasteiger partial charge is 0.337 e. The monoisotopic (exact) mass is 224 g/mol. The van der Waals surface area contributed by atoms with E-state index in [1.54, 1.807) is 0 Å². The summed E-state index contributed by atoms with van der Waals surface area (Å²) in [6, 6.07) is 0. The lowest BCUT2D eigenvalue weighted by atomic mass is 10.0. The molecule has 0 aromatic heterocycles. The Labute approximate surface area is 86.5 Å². The van der Waals surface area contributed by atoms with Crippen LogP contribution < -0.4 is 0 Å². The van der Waals surface area contributed by atoms with Crippen LogP contribution in [-0.2, 0) is 9.53 Å². The largest absolute Gasteiger partial charge is 0.464 e. The van der Waals surface area contributed by atoms with E-state index in [-0.39, 0.29) is 6.61 Å². The predicted octanol–water partition coefficient (Wildman–Crippen LogP) is -3.01. The van der Waals surface area contributed by atoms with Gasteiger partial charge in [0.2, 0.25) is 0 Å². The summed E-state index contributed by atoms with van der Waals surface area (Å²) in [6.45, 7) is 0.727. The van der Waals surface area contributed by atoms with Crippen molar-refractivity contribution in [3.8, 4) is 0 Å². The molecular weight excluding hydrogens is 208 g/mol. The Bertz CT molecular complexity index is 195. The van der Waals surface area contributed by atoms with Crippen molar-refractivity contribution in [1.82, 2.24) is 0 Å². The lowest BCUT2D eigenvalue weighted by Crippen LogP contribution is -2.49. The second-order valence-corrected chi connectivity index (χ2v) is 2.93. The number of esters is 1. The molecule has 7 nitrogen and oxygen atoms in total. The van der Waals surface area contributed by atoms with Crippen LogP contribution in [0.1, 0.15) is 6.92 Å². The third-order valence-electron chi connectivity index (χ3n) is 1.78. The van der Waals surface area contributed by atoms with Gasteiger partial charge in [-0.1, -0.05) is 0 Å². The van der Waals surface area contributed by atoms with Gasteiger partial charge in [0.15, 0.2) is 6.10 Å². The van der Waals surface area contributed by atoms with E-state index in [1.807, 2.05) is 0 Å². The zero-order valence-corrected chi connectivity index (χ0v) is 8.28. The Morgan fingerprint density at radius 3 is 2.13 bits per heavy atom. The summed E-state index contributed by atoms with van der Waals surface area (Å²) < 4.78 is 4.38. The maximum Gasteiger partial charge on any atom is 0.337 e. The topological polar surface area (TPSA) is 127 Å². The summed E-state index contributed by atoms with van der Waals surface area (Å²) >= 11 is 0. The average molecular weight is 224 g/mol. The maximum absolute atomic E-state index is 10.9. The first-order chi connectivity index (χ1) is 6.95. The molecule has 4 atom stereocenters. The lowest BCUT2D eigenvalue weighted by Gasteiger charge is -2.24. The first-order valence-corrected chi connectivity index (χ1v) is 4.45. The Balaban J connectivity index is 4.29. The summed E-state index contributed by atoms with van der Waals surface area (Å²) in [5.41, 5.74) is 0. The molecule has 0 amide bonds. The quantitative estimate of drug-likeness (QED) is 0.304. The van der Waals surface area contributed by atoms with Crippen molar-refractivity contribution in [2.45, 2.75) is 31.3 Å². The molecule has 7 heteroatoms. The zero-order chi connectivity index (χ0) is 12.0. The molecule has 0 aliphatic rings. The number of hydrogen-bond donors (Lipinski definition) is 5. The summed E-state index contributed by atoms with van der Waals surface area (Å²) in [7, 11) is 0. The minimum Gasteiger partial charge on any atom is -0.464 e. The van der Waals surface area contributed by atoms with Crippen molar-refractivity contribution in [2.75, 3.05) is 13.2 Å². The zero-order valence-electron chi connectivity index (χ0n) is 8.28. The predicted molar refractivity (Wildman–Crippen MR) is 47.7 cm³/mol. The van der Waals surface area contributed by atoms with Gasteiger partial charge in [0, 0.05) is 0 Å². The van der Waals surface area contributed by atoms with Crippen LogP contribution in [0.5, 0.6) is 0 Å². The molecule has 5 N–H and O–H groups in total. The molecule has 0 fully saturated rings. The van der Waals surface area contributed by atoms with Crippen molar-refractivity contribution in [2.24, 2.45) is 0 Å². The Hall–Kier alpha value is -0.730. The fourth-order valence-electron chi connectivity index (χ4n) is 0.889. The normalized spacial score (nSPS) is 19.1. The Morgan fingerprint density at radius 2 is 1.73 bits per heavy atom. The molecule has 0 heterocycles. The SMILES string of the molecule is CCOC(=O)[C@H](O)[C@@H](O)[C@@H](O)[C@H](O)CO. The van der Waals surface area contributed by atoms with E-state index in [4.69, 9.17) is 20.4 Å². The second-order valence-electron chi connectivity index (χ2n) is 2.93. The highest BCUT2D eigenvalue weighted by atomic mass is 16.5. The van der Waals surface area contributed by atoms with Gasteiger partial charge in [-0.15, -0.1) is 0 Å². The molecule has 0 aromatic rings. The average Bonchev–Trinajstić information content (AvgIpc) is 2.25. The third kappa shape index (κ3) is 4.10. The molecule has 15 heavy (non-hydrogen) atoms. The van der Waals surface area contributed by atoms with E-state index in [0.29, 0.717) is 0 Å². The molecule has 0 unspecified atom stereocenters. The van der Waals surface area contributed by atoms with Crippen LogP contribution in [0.2, 0.25) is 0 Å². The second kappa shape index (κ2) is 6.70. The van der Waals surface area contributed by atoms with E-state index in [9.17, 15) is 9.90 Å². The lowest BCUT2D eigenvalue weighted by molar-refractivity contribution is -0.169.